The van der Waals surface area contributed by atoms with E-state index in [1.807, 2.05) is 0 Å². The molecule has 15 rings (SSSR count). The van der Waals surface area contributed by atoms with Crippen LogP contribution in [-0.2, 0) is 27.1 Å². The molecule has 0 fully saturated rings. The molecule has 1 aliphatic carbocycles. The van der Waals surface area contributed by atoms with Crippen LogP contribution in [0.2, 0.25) is 0 Å². The summed E-state index contributed by atoms with van der Waals surface area (Å²) < 4.78 is 5.55. The van der Waals surface area contributed by atoms with Crippen LogP contribution >= 0.6 is 0 Å². The van der Waals surface area contributed by atoms with Crippen LogP contribution in [0.1, 0.15) is 140 Å². The lowest BCUT2D eigenvalue weighted by molar-refractivity contribution is 0.505. The van der Waals surface area contributed by atoms with E-state index in [0.717, 1.165) is 12.8 Å². The molecule has 0 N–H and O–H groups in total. The van der Waals surface area contributed by atoms with Crippen LogP contribution in [0.25, 0.3) is 88.4 Å². The van der Waals surface area contributed by atoms with Gasteiger partial charge in [-0.1, -0.05) is 229 Å². The highest BCUT2D eigenvalue weighted by molar-refractivity contribution is 7.00. The topological polar surface area (TPSA) is 9.86 Å². The quantitative estimate of drug-likeness (QED) is 0.147. The second kappa shape index (κ2) is 15.0. The Balaban J connectivity index is 1.19. The van der Waals surface area contributed by atoms with Crippen molar-refractivity contribution in [3.05, 3.63) is 208 Å². The lowest BCUT2D eigenvalue weighted by Gasteiger charge is -2.44. The second-order valence-corrected chi connectivity index (χ2v) is 26.5. The smallest absolute Gasteiger partial charge is 0.252 e. The molecule has 0 atom stereocenters. The van der Waals surface area contributed by atoms with E-state index in [1.54, 1.807) is 0 Å². The van der Waals surface area contributed by atoms with E-state index in [-0.39, 0.29) is 28.4 Å². The molecule has 0 saturated heterocycles. The standard InChI is InChI=1S/C73H67BN2/c1-13-71(9,10)47-38-52-53-39-48(72(11,12)14-2)41-59-66(53)76-65(52)57(40-47)73(54-25-19-17-23-50(54)51-24-18-20-26-55(51)73)56-35-36-60-63(67(56)76)74(59)58-37-44-21-15-16-22-49(44)62-61(42-27-31-45(32-28-42)69(3,4)5)64(75(60)68(58)62)43-29-33-46(34-30-43)70(6,7)8/h15-41H,13-14H2,1-12H3. The van der Waals surface area contributed by atoms with Gasteiger partial charge < -0.3 is 9.13 Å². The molecule has 5 heterocycles. The zero-order chi connectivity index (χ0) is 52.3. The van der Waals surface area contributed by atoms with Gasteiger partial charge in [0.25, 0.3) is 6.71 Å². The Hall–Kier alpha value is -7.36. The molecule has 0 amide bonds. The van der Waals surface area contributed by atoms with Crippen molar-refractivity contribution >= 4 is 66.6 Å². The molecular weight excluding hydrogens is 916 g/mol. The number of benzene rings is 9. The van der Waals surface area contributed by atoms with Crippen LogP contribution < -0.4 is 16.4 Å². The number of rotatable bonds is 6. The van der Waals surface area contributed by atoms with E-state index in [2.05, 4.69) is 256 Å². The van der Waals surface area contributed by atoms with Gasteiger partial charge in [0.15, 0.2) is 0 Å². The SMILES string of the molecule is CCC(C)(C)c1cc2c3c(c1)c1cc(C(C)(C)CC)cc4c1n3-c1c(ccc3c1B2c1cc2ccccc2c2c(-c5ccc(C(C)(C)C)cc5)c(-c5ccc(C(C)(C)C)cc5)n-3c12)C41c2ccccc2-c2ccccc21. The van der Waals surface area contributed by atoms with Gasteiger partial charge >= 0.3 is 0 Å². The van der Waals surface area contributed by atoms with E-state index >= 15 is 0 Å². The van der Waals surface area contributed by atoms with Gasteiger partial charge in [0.05, 0.1) is 22.1 Å². The molecular formula is C73H67BN2. The Morgan fingerprint density at radius 1 is 0.434 bits per heavy atom. The molecule has 372 valence electrons. The summed E-state index contributed by atoms with van der Waals surface area (Å²) in [5, 5.41) is 6.69. The van der Waals surface area contributed by atoms with Crippen molar-refractivity contribution in [2.24, 2.45) is 0 Å². The van der Waals surface area contributed by atoms with Crippen LogP contribution in [0.15, 0.2) is 164 Å². The molecule has 0 radical (unpaired) electrons. The first-order chi connectivity index (χ1) is 36.4. The third-order valence-corrected chi connectivity index (χ3v) is 19.7. The van der Waals surface area contributed by atoms with Gasteiger partial charge in [-0.3, -0.25) is 0 Å². The average molecular weight is 983 g/mol. The fourth-order valence-electron chi connectivity index (χ4n) is 14.8. The van der Waals surface area contributed by atoms with Crippen LogP contribution in [0, 0.1) is 0 Å². The highest BCUT2D eigenvalue weighted by Gasteiger charge is 2.55. The van der Waals surface area contributed by atoms with Crippen molar-refractivity contribution in [3.63, 3.8) is 0 Å². The molecule has 76 heavy (non-hydrogen) atoms. The van der Waals surface area contributed by atoms with Gasteiger partial charge in [0.1, 0.15) is 0 Å². The van der Waals surface area contributed by atoms with E-state index in [4.69, 9.17) is 0 Å². The second-order valence-electron chi connectivity index (χ2n) is 26.5. The highest BCUT2D eigenvalue weighted by atomic mass is 15.1. The van der Waals surface area contributed by atoms with Crippen LogP contribution in [0.3, 0.4) is 0 Å². The Morgan fingerprint density at radius 2 is 0.974 bits per heavy atom. The Kier molecular flexibility index (Phi) is 9.06. The van der Waals surface area contributed by atoms with Crippen LogP contribution in [-0.4, -0.2) is 15.8 Å². The molecule has 2 nitrogen and oxygen atoms in total. The lowest BCUT2D eigenvalue weighted by atomic mass is 9.33. The van der Waals surface area contributed by atoms with Crippen molar-refractivity contribution < 1.29 is 0 Å². The van der Waals surface area contributed by atoms with Gasteiger partial charge in [-0.25, -0.2) is 0 Å². The summed E-state index contributed by atoms with van der Waals surface area (Å²) in [5.74, 6) is 0. The molecule has 11 aromatic rings. The Morgan fingerprint density at radius 3 is 1.58 bits per heavy atom. The minimum Gasteiger partial charge on any atom is -0.310 e. The minimum atomic E-state index is -0.561. The van der Waals surface area contributed by atoms with Gasteiger partial charge in [-0.05, 0) is 147 Å². The average Bonchev–Trinajstić information content (AvgIpc) is 4.18. The number of hydrogen-bond acceptors (Lipinski definition) is 0. The minimum absolute atomic E-state index is 0.0182. The summed E-state index contributed by atoms with van der Waals surface area (Å²) >= 11 is 0. The van der Waals surface area contributed by atoms with Crippen molar-refractivity contribution in [1.29, 1.82) is 0 Å². The summed E-state index contributed by atoms with van der Waals surface area (Å²) in [7, 11) is 0. The van der Waals surface area contributed by atoms with Crippen LogP contribution in [0.4, 0.5) is 0 Å². The van der Waals surface area contributed by atoms with Crippen LogP contribution in [0.5, 0.6) is 0 Å². The largest absolute Gasteiger partial charge is 0.310 e. The molecule has 0 unspecified atom stereocenters. The maximum absolute atomic E-state index is 2.80. The highest BCUT2D eigenvalue weighted by Crippen LogP contribution is 2.62. The third kappa shape index (κ3) is 5.69. The fraction of sp³-hybridized carbons (Fsp3) is 0.260. The first kappa shape index (κ1) is 46.0. The summed E-state index contributed by atoms with van der Waals surface area (Å²) in [4.78, 5) is 0. The van der Waals surface area contributed by atoms with E-state index in [9.17, 15) is 0 Å². The summed E-state index contributed by atoms with van der Waals surface area (Å²) in [5.41, 5.74) is 29.2. The number of hydrogen-bond donors (Lipinski definition) is 0. The normalized spacial score (nSPS) is 14.8. The van der Waals surface area contributed by atoms with Gasteiger partial charge in [0, 0.05) is 38.6 Å². The first-order valence-corrected chi connectivity index (χ1v) is 28.3. The Labute approximate surface area is 449 Å². The molecule has 9 aromatic carbocycles. The van der Waals surface area contributed by atoms with Gasteiger partial charge in [0.2, 0.25) is 0 Å². The maximum Gasteiger partial charge on any atom is 0.252 e. The van der Waals surface area contributed by atoms with E-state index < -0.39 is 5.41 Å². The maximum atomic E-state index is 2.80. The van der Waals surface area contributed by atoms with Gasteiger partial charge in [-0.15, -0.1) is 0 Å². The molecule has 0 saturated carbocycles. The monoisotopic (exact) mass is 983 g/mol. The fourth-order valence-corrected chi connectivity index (χ4v) is 14.8. The number of fused-ring (bicyclic) bond motifs is 13. The number of nitrogens with zero attached hydrogens (tertiary/aromatic N) is 2. The number of aromatic nitrogens is 2. The van der Waals surface area contributed by atoms with Crippen molar-refractivity contribution in [2.75, 3.05) is 0 Å². The predicted octanol–water partition coefficient (Wildman–Crippen LogP) is 17.0. The molecule has 1 spiro atoms. The third-order valence-electron chi connectivity index (χ3n) is 19.7. The van der Waals surface area contributed by atoms with Gasteiger partial charge in [-0.2, -0.15) is 0 Å². The molecule has 3 heteroatoms. The predicted molar refractivity (Wildman–Crippen MR) is 326 cm³/mol. The summed E-state index contributed by atoms with van der Waals surface area (Å²) in [6.07, 6.45) is 2.09. The van der Waals surface area contributed by atoms with E-state index in [0.29, 0.717) is 0 Å². The van der Waals surface area contributed by atoms with Crippen molar-refractivity contribution in [2.45, 2.75) is 123 Å². The first-order valence-electron chi connectivity index (χ1n) is 28.3. The summed E-state index contributed by atoms with van der Waals surface area (Å²) in [6.45, 7) is 28.5. The zero-order valence-electron chi connectivity index (χ0n) is 46.5. The molecule has 2 aromatic heterocycles. The molecule has 4 aliphatic rings. The van der Waals surface area contributed by atoms with Crippen molar-refractivity contribution in [1.82, 2.24) is 9.13 Å². The zero-order valence-corrected chi connectivity index (χ0v) is 46.5. The summed E-state index contributed by atoms with van der Waals surface area (Å²) in [6, 6.07) is 65.6. The van der Waals surface area contributed by atoms with E-state index in [1.165, 1.54) is 149 Å². The molecule has 0 bridgehead atoms. The molecule has 3 aliphatic heterocycles. The van der Waals surface area contributed by atoms with Crippen molar-refractivity contribution in [3.8, 4) is 44.9 Å². The lowest BCUT2D eigenvalue weighted by Crippen LogP contribution is -2.60. The Bertz CT molecular complexity index is 4320.